The SMILES string of the molecule is CC(N)CCCCNC(=O)C(N)CCCCN. The van der Waals surface area contributed by atoms with E-state index < -0.39 is 6.04 Å². The molecule has 2 unspecified atom stereocenters. The van der Waals surface area contributed by atoms with Gasteiger partial charge in [-0.05, 0) is 39.2 Å². The monoisotopic (exact) mass is 244 g/mol. The second-order valence-corrected chi connectivity index (χ2v) is 4.66. The van der Waals surface area contributed by atoms with Gasteiger partial charge in [0.15, 0.2) is 0 Å². The molecule has 0 saturated heterocycles. The Labute approximate surface area is 104 Å². The molecule has 0 spiro atoms. The minimum atomic E-state index is -0.394. The van der Waals surface area contributed by atoms with E-state index in [0.717, 1.165) is 32.1 Å². The third kappa shape index (κ3) is 10.2. The predicted octanol–water partition coefficient (Wildman–Crippen LogP) is 0.0764. The molecule has 0 aromatic carbocycles. The molecule has 0 aliphatic heterocycles. The van der Waals surface area contributed by atoms with Gasteiger partial charge in [0.2, 0.25) is 5.91 Å². The van der Waals surface area contributed by atoms with Gasteiger partial charge in [-0.3, -0.25) is 4.79 Å². The van der Waals surface area contributed by atoms with Crippen molar-refractivity contribution in [3.05, 3.63) is 0 Å². The number of amides is 1. The Morgan fingerprint density at radius 3 is 2.35 bits per heavy atom. The summed E-state index contributed by atoms with van der Waals surface area (Å²) in [5.41, 5.74) is 16.8. The highest BCUT2D eigenvalue weighted by Crippen LogP contribution is 1.99. The van der Waals surface area contributed by atoms with Crippen molar-refractivity contribution in [3.63, 3.8) is 0 Å². The zero-order valence-electron chi connectivity index (χ0n) is 11.0. The minimum Gasteiger partial charge on any atom is -0.355 e. The van der Waals surface area contributed by atoms with E-state index in [2.05, 4.69) is 5.32 Å². The first-order valence-electron chi connectivity index (χ1n) is 6.57. The van der Waals surface area contributed by atoms with Gasteiger partial charge < -0.3 is 22.5 Å². The Morgan fingerprint density at radius 1 is 1.12 bits per heavy atom. The van der Waals surface area contributed by atoms with Crippen LogP contribution >= 0.6 is 0 Å². The molecular formula is C12H28N4O. The Bertz CT molecular complexity index is 197. The molecule has 0 fully saturated rings. The first-order chi connectivity index (χ1) is 8.07. The molecule has 0 aliphatic rings. The summed E-state index contributed by atoms with van der Waals surface area (Å²) in [6.45, 7) is 3.34. The maximum Gasteiger partial charge on any atom is 0.236 e. The molecule has 5 nitrogen and oxygen atoms in total. The molecule has 0 rings (SSSR count). The molecule has 0 aliphatic carbocycles. The number of hydrogen-bond acceptors (Lipinski definition) is 4. The molecule has 0 aromatic heterocycles. The lowest BCUT2D eigenvalue weighted by molar-refractivity contribution is -0.122. The molecule has 1 amide bonds. The van der Waals surface area contributed by atoms with Gasteiger partial charge in [-0.25, -0.2) is 0 Å². The van der Waals surface area contributed by atoms with Crippen LogP contribution in [0.15, 0.2) is 0 Å². The van der Waals surface area contributed by atoms with Crippen molar-refractivity contribution in [2.75, 3.05) is 13.1 Å². The first-order valence-corrected chi connectivity index (χ1v) is 6.57. The van der Waals surface area contributed by atoms with Gasteiger partial charge in [-0.2, -0.15) is 0 Å². The lowest BCUT2D eigenvalue weighted by atomic mass is 10.1. The fraction of sp³-hybridized carbons (Fsp3) is 0.917. The highest BCUT2D eigenvalue weighted by molar-refractivity contribution is 5.81. The van der Waals surface area contributed by atoms with E-state index in [1.807, 2.05) is 6.92 Å². The number of nitrogens with two attached hydrogens (primary N) is 3. The van der Waals surface area contributed by atoms with Crippen LogP contribution in [0.1, 0.15) is 45.4 Å². The van der Waals surface area contributed by atoms with Crippen LogP contribution in [0.5, 0.6) is 0 Å². The lowest BCUT2D eigenvalue weighted by Gasteiger charge is -2.12. The van der Waals surface area contributed by atoms with Crippen LogP contribution in [0.2, 0.25) is 0 Å². The van der Waals surface area contributed by atoms with Gasteiger partial charge in [0.1, 0.15) is 0 Å². The predicted molar refractivity (Wildman–Crippen MR) is 71.4 cm³/mol. The highest BCUT2D eigenvalue weighted by Gasteiger charge is 2.11. The number of carbonyl (C=O) groups is 1. The van der Waals surface area contributed by atoms with E-state index in [0.29, 0.717) is 19.5 Å². The fourth-order valence-corrected chi connectivity index (χ4v) is 1.57. The first kappa shape index (κ1) is 16.4. The van der Waals surface area contributed by atoms with Gasteiger partial charge in [0, 0.05) is 12.6 Å². The van der Waals surface area contributed by atoms with Crippen LogP contribution in [-0.4, -0.2) is 31.1 Å². The summed E-state index contributed by atoms with van der Waals surface area (Å²) in [7, 11) is 0. The minimum absolute atomic E-state index is 0.0529. The van der Waals surface area contributed by atoms with Gasteiger partial charge in [-0.1, -0.05) is 12.8 Å². The maximum absolute atomic E-state index is 11.5. The molecule has 0 heterocycles. The second kappa shape index (κ2) is 10.5. The summed E-state index contributed by atoms with van der Waals surface area (Å²) < 4.78 is 0. The van der Waals surface area contributed by atoms with Crippen LogP contribution < -0.4 is 22.5 Å². The van der Waals surface area contributed by atoms with Crippen LogP contribution in [-0.2, 0) is 4.79 Å². The number of nitrogens with one attached hydrogen (secondary N) is 1. The average molecular weight is 244 g/mol. The van der Waals surface area contributed by atoms with E-state index in [1.54, 1.807) is 0 Å². The summed E-state index contributed by atoms with van der Waals surface area (Å²) in [6, 6.07) is -0.154. The van der Waals surface area contributed by atoms with Crippen LogP contribution in [0, 0.1) is 0 Å². The van der Waals surface area contributed by atoms with Crippen molar-refractivity contribution in [1.82, 2.24) is 5.32 Å². The lowest BCUT2D eigenvalue weighted by Crippen LogP contribution is -2.41. The van der Waals surface area contributed by atoms with Crippen molar-refractivity contribution < 1.29 is 4.79 Å². The van der Waals surface area contributed by atoms with E-state index in [9.17, 15) is 4.79 Å². The molecule has 0 saturated carbocycles. The molecule has 102 valence electrons. The van der Waals surface area contributed by atoms with Crippen molar-refractivity contribution in [2.45, 2.75) is 57.5 Å². The van der Waals surface area contributed by atoms with Crippen molar-refractivity contribution in [2.24, 2.45) is 17.2 Å². The third-order valence-electron chi connectivity index (χ3n) is 2.69. The van der Waals surface area contributed by atoms with Gasteiger partial charge in [0.05, 0.1) is 6.04 Å². The van der Waals surface area contributed by atoms with Crippen molar-refractivity contribution in [1.29, 1.82) is 0 Å². The zero-order valence-corrected chi connectivity index (χ0v) is 11.0. The second-order valence-electron chi connectivity index (χ2n) is 4.66. The van der Waals surface area contributed by atoms with Crippen LogP contribution in [0.25, 0.3) is 0 Å². The van der Waals surface area contributed by atoms with Crippen molar-refractivity contribution in [3.8, 4) is 0 Å². The molecule has 7 N–H and O–H groups in total. The number of hydrogen-bond donors (Lipinski definition) is 4. The molecule has 0 bridgehead atoms. The van der Waals surface area contributed by atoms with Crippen molar-refractivity contribution >= 4 is 5.91 Å². The zero-order chi connectivity index (χ0) is 13.1. The number of rotatable bonds is 10. The van der Waals surface area contributed by atoms with E-state index in [-0.39, 0.29) is 11.9 Å². The standard InChI is InChI=1S/C12H28N4O/c1-10(14)6-3-5-9-16-12(17)11(15)7-2-4-8-13/h10-11H,2-9,13-15H2,1H3,(H,16,17). The van der Waals surface area contributed by atoms with E-state index >= 15 is 0 Å². The Kier molecular flexibility index (Phi) is 10.1. The summed E-state index contributed by atoms with van der Waals surface area (Å²) in [4.78, 5) is 11.5. The molecule has 17 heavy (non-hydrogen) atoms. The van der Waals surface area contributed by atoms with Gasteiger partial charge in [-0.15, -0.1) is 0 Å². The third-order valence-corrected chi connectivity index (χ3v) is 2.69. The Balaban J connectivity index is 3.44. The quantitative estimate of drug-likeness (QED) is 0.408. The van der Waals surface area contributed by atoms with Gasteiger partial charge in [0.25, 0.3) is 0 Å². The fourth-order valence-electron chi connectivity index (χ4n) is 1.57. The topological polar surface area (TPSA) is 107 Å². The van der Waals surface area contributed by atoms with E-state index in [1.165, 1.54) is 0 Å². The normalized spacial score (nSPS) is 14.4. The maximum atomic E-state index is 11.5. The Hall–Kier alpha value is -0.650. The summed E-state index contributed by atoms with van der Waals surface area (Å²) in [6.07, 6.45) is 5.55. The van der Waals surface area contributed by atoms with Gasteiger partial charge >= 0.3 is 0 Å². The molecule has 0 radical (unpaired) electrons. The molecule has 0 aromatic rings. The molecular weight excluding hydrogens is 216 g/mol. The summed E-state index contributed by atoms with van der Waals surface area (Å²) in [5, 5.41) is 2.85. The average Bonchev–Trinajstić information content (AvgIpc) is 2.28. The molecule has 2 atom stereocenters. The number of unbranched alkanes of at least 4 members (excludes halogenated alkanes) is 2. The summed E-state index contributed by atoms with van der Waals surface area (Å²) in [5.74, 6) is -0.0529. The smallest absolute Gasteiger partial charge is 0.236 e. The molecule has 5 heteroatoms. The highest BCUT2D eigenvalue weighted by atomic mass is 16.2. The largest absolute Gasteiger partial charge is 0.355 e. The van der Waals surface area contributed by atoms with E-state index in [4.69, 9.17) is 17.2 Å². The van der Waals surface area contributed by atoms with Crippen LogP contribution in [0.3, 0.4) is 0 Å². The Morgan fingerprint density at radius 2 is 1.76 bits per heavy atom. The number of carbonyl (C=O) groups excluding carboxylic acids is 1. The van der Waals surface area contributed by atoms with Crippen LogP contribution in [0.4, 0.5) is 0 Å². The summed E-state index contributed by atoms with van der Waals surface area (Å²) >= 11 is 0.